The molecule has 0 saturated carbocycles. The predicted molar refractivity (Wildman–Crippen MR) is 84.9 cm³/mol. The summed E-state index contributed by atoms with van der Waals surface area (Å²) in [6, 6.07) is 4.16. The highest BCUT2D eigenvalue weighted by Crippen LogP contribution is 2.17. The number of hydrogen-bond acceptors (Lipinski definition) is 5. The summed E-state index contributed by atoms with van der Waals surface area (Å²) in [7, 11) is 0. The summed E-state index contributed by atoms with van der Waals surface area (Å²) in [5, 5.41) is 12.1. The molecule has 1 aromatic heterocycles. The van der Waals surface area contributed by atoms with E-state index in [2.05, 4.69) is 39.9 Å². The van der Waals surface area contributed by atoms with Gasteiger partial charge in [0, 0.05) is 32.4 Å². The maximum atomic E-state index is 8.94. The molecule has 21 heavy (non-hydrogen) atoms. The number of pyridine rings is 1. The Kier molecular flexibility index (Phi) is 5.38. The Morgan fingerprint density at radius 2 is 2.14 bits per heavy atom. The van der Waals surface area contributed by atoms with Gasteiger partial charge in [-0.2, -0.15) is 0 Å². The van der Waals surface area contributed by atoms with Crippen molar-refractivity contribution in [3.8, 4) is 0 Å². The fraction of sp³-hybridized carbons (Fsp3) is 0.600. The molecule has 0 bridgehead atoms. The van der Waals surface area contributed by atoms with Crippen molar-refractivity contribution in [3.05, 3.63) is 23.9 Å². The van der Waals surface area contributed by atoms with Gasteiger partial charge in [0.25, 0.3) is 0 Å². The molecule has 0 aromatic carbocycles. The van der Waals surface area contributed by atoms with Crippen LogP contribution < -0.4 is 10.6 Å². The van der Waals surface area contributed by atoms with E-state index in [4.69, 9.17) is 10.9 Å². The third kappa shape index (κ3) is 3.85. The van der Waals surface area contributed by atoms with Crippen molar-refractivity contribution < 1.29 is 5.21 Å². The third-order valence-electron chi connectivity index (χ3n) is 4.00. The topological polar surface area (TPSA) is 78.0 Å². The molecule has 0 spiro atoms. The van der Waals surface area contributed by atoms with Crippen molar-refractivity contribution >= 4 is 11.7 Å². The number of nitrogens with two attached hydrogens (primary N) is 1. The Morgan fingerprint density at radius 1 is 1.43 bits per heavy atom. The molecular formula is C15H25N5O. The lowest BCUT2D eigenvalue weighted by atomic mass is 10.1. The highest BCUT2D eigenvalue weighted by molar-refractivity contribution is 5.85. The van der Waals surface area contributed by atoms with E-state index in [0.29, 0.717) is 5.84 Å². The average Bonchev–Trinajstić information content (AvgIpc) is 2.52. The Bertz CT molecular complexity index is 483. The number of aryl methyl sites for hydroxylation is 1. The largest absolute Gasteiger partial charge is 0.409 e. The number of nitrogens with zero attached hydrogens (tertiary/aromatic N) is 4. The van der Waals surface area contributed by atoms with Gasteiger partial charge in [0.1, 0.15) is 5.82 Å². The SMILES string of the molecule is CCCC(C(N)=NO)N1CCN(c2cc(C)ccn2)CC1. The highest BCUT2D eigenvalue weighted by atomic mass is 16.4. The minimum absolute atomic E-state index is 0.0348. The first-order valence-electron chi connectivity index (χ1n) is 7.54. The molecule has 2 heterocycles. The predicted octanol–water partition coefficient (Wildman–Crippen LogP) is 1.43. The molecule has 6 nitrogen and oxygen atoms in total. The number of rotatable bonds is 5. The summed E-state index contributed by atoms with van der Waals surface area (Å²) >= 11 is 0. The van der Waals surface area contributed by atoms with E-state index in [-0.39, 0.29) is 6.04 Å². The molecule has 1 aromatic rings. The fourth-order valence-corrected chi connectivity index (χ4v) is 2.81. The lowest BCUT2D eigenvalue weighted by Crippen LogP contribution is -2.54. The van der Waals surface area contributed by atoms with Crippen molar-refractivity contribution in [1.82, 2.24) is 9.88 Å². The van der Waals surface area contributed by atoms with Crippen LogP contribution in [0.3, 0.4) is 0 Å². The third-order valence-corrected chi connectivity index (χ3v) is 4.00. The van der Waals surface area contributed by atoms with E-state index in [0.717, 1.165) is 44.8 Å². The molecule has 1 aliphatic rings. The Morgan fingerprint density at radius 3 is 2.71 bits per heavy atom. The van der Waals surface area contributed by atoms with Crippen LogP contribution in [0.4, 0.5) is 5.82 Å². The molecule has 1 unspecified atom stereocenters. The van der Waals surface area contributed by atoms with Gasteiger partial charge < -0.3 is 15.8 Å². The number of aromatic nitrogens is 1. The average molecular weight is 291 g/mol. The van der Waals surface area contributed by atoms with Crippen LogP contribution >= 0.6 is 0 Å². The van der Waals surface area contributed by atoms with Gasteiger partial charge in [-0.05, 0) is 31.0 Å². The van der Waals surface area contributed by atoms with Crippen molar-refractivity contribution in [2.24, 2.45) is 10.9 Å². The second kappa shape index (κ2) is 7.26. The van der Waals surface area contributed by atoms with Crippen LogP contribution in [0.5, 0.6) is 0 Å². The fourth-order valence-electron chi connectivity index (χ4n) is 2.81. The lowest BCUT2D eigenvalue weighted by Gasteiger charge is -2.39. The van der Waals surface area contributed by atoms with E-state index in [9.17, 15) is 0 Å². The van der Waals surface area contributed by atoms with Crippen LogP contribution in [0.25, 0.3) is 0 Å². The first kappa shape index (κ1) is 15.6. The van der Waals surface area contributed by atoms with E-state index in [1.807, 2.05) is 12.3 Å². The van der Waals surface area contributed by atoms with Crippen molar-refractivity contribution in [2.75, 3.05) is 31.1 Å². The zero-order valence-corrected chi connectivity index (χ0v) is 12.9. The van der Waals surface area contributed by atoms with E-state index < -0.39 is 0 Å². The van der Waals surface area contributed by atoms with E-state index in [1.54, 1.807) is 0 Å². The minimum Gasteiger partial charge on any atom is -0.409 e. The number of piperazine rings is 1. The number of anilines is 1. The van der Waals surface area contributed by atoms with Gasteiger partial charge in [-0.25, -0.2) is 4.98 Å². The molecular weight excluding hydrogens is 266 g/mol. The van der Waals surface area contributed by atoms with Gasteiger partial charge in [-0.1, -0.05) is 18.5 Å². The van der Waals surface area contributed by atoms with Gasteiger partial charge in [0.15, 0.2) is 5.84 Å². The molecule has 6 heteroatoms. The summed E-state index contributed by atoms with van der Waals surface area (Å²) in [6.07, 6.45) is 3.78. The number of amidine groups is 1. The molecule has 1 saturated heterocycles. The minimum atomic E-state index is 0.0348. The second-order valence-corrected chi connectivity index (χ2v) is 5.54. The van der Waals surface area contributed by atoms with Crippen LogP contribution in [-0.2, 0) is 0 Å². The normalized spacial score (nSPS) is 18.8. The van der Waals surface area contributed by atoms with Crippen molar-refractivity contribution in [1.29, 1.82) is 0 Å². The molecule has 0 aliphatic carbocycles. The lowest BCUT2D eigenvalue weighted by molar-refractivity contribution is 0.211. The summed E-state index contributed by atoms with van der Waals surface area (Å²) in [4.78, 5) is 9.03. The quantitative estimate of drug-likeness (QED) is 0.371. The molecule has 1 aliphatic heterocycles. The first-order valence-corrected chi connectivity index (χ1v) is 7.54. The summed E-state index contributed by atoms with van der Waals surface area (Å²) in [5.74, 6) is 1.35. The first-order chi connectivity index (χ1) is 10.2. The van der Waals surface area contributed by atoms with Crippen LogP contribution in [0.2, 0.25) is 0 Å². The second-order valence-electron chi connectivity index (χ2n) is 5.54. The summed E-state index contributed by atoms with van der Waals surface area (Å²) < 4.78 is 0. The Hall–Kier alpha value is -1.82. The monoisotopic (exact) mass is 291 g/mol. The maximum Gasteiger partial charge on any atom is 0.156 e. The smallest absolute Gasteiger partial charge is 0.156 e. The van der Waals surface area contributed by atoms with Crippen LogP contribution in [-0.4, -0.2) is 53.1 Å². The molecule has 0 radical (unpaired) electrons. The molecule has 1 fully saturated rings. The molecule has 1 atom stereocenters. The van der Waals surface area contributed by atoms with Gasteiger partial charge in [-0.15, -0.1) is 0 Å². The zero-order chi connectivity index (χ0) is 15.2. The van der Waals surface area contributed by atoms with E-state index in [1.165, 1.54) is 5.56 Å². The van der Waals surface area contributed by atoms with Crippen molar-refractivity contribution in [2.45, 2.75) is 32.7 Å². The maximum absolute atomic E-state index is 8.94. The Labute approximate surface area is 126 Å². The van der Waals surface area contributed by atoms with Gasteiger partial charge >= 0.3 is 0 Å². The molecule has 116 valence electrons. The standard InChI is InChI=1S/C15H25N5O/c1-3-4-13(15(16)18-21)19-7-9-20(10-8-19)14-11-12(2)5-6-17-14/h5-6,11,13,21H,3-4,7-10H2,1-2H3,(H2,16,18). The Balaban J connectivity index is 1.98. The molecule has 0 amide bonds. The van der Waals surface area contributed by atoms with Gasteiger partial charge in [0.2, 0.25) is 0 Å². The van der Waals surface area contributed by atoms with Crippen LogP contribution in [0.1, 0.15) is 25.3 Å². The highest BCUT2D eigenvalue weighted by Gasteiger charge is 2.26. The van der Waals surface area contributed by atoms with Crippen LogP contribution in [0, 0.1) is 6.92 Å². The number of hydrogen-bond donors (Lipinski definition) is 2. The van der Waals surface area contributed by atoms with Gasteiger partial charge in [-0.3, -0.25) is 4.90 Å². The zero-order valence-electron chi connectivity index (χ0n) is 12.9. The summed E-state index contributed by atoms with van der Waals surface area (Å²) in [6.45, 7) is 7.82. The number of oxime groups is 1. The molecule has 3 N–H and O–H groups in total. The summed E-state index contributed by atoms with van der Waals surface area (Å²) in [5.41, 5.74) is 7.06. The van der Waals surface area contributed by atoms with Crippen molar-refractivity contribution in [3.63, 3.8) is 0 Å². The van der Waals surface area contributed by atoms with Gasteiger partial charge in [0.05, 0.1) is 6.04 Å². The molecule has 2 rings (SSSR count). The van der Waals surface area contributed by atoms with Crippen LogP contribution in [0.15, 0.2) is 23.5 Å². The van der Waals surface area contributed by atoms with E-state index >= 15 is 0 Å².